The summed E-state index contributed by atoms with van der Waals surface area (Å²) in [6.45, 7) is 0.472. The fourth-order valence-corrected chi connectivity index (χ4v) is 3.32. The number of rotatable bonds is 6. The van der Waals surface area contributed by atoms with Crippen LogP contribution in [0.2, 0.25) is 10.0 Å². The summed E-state index contributed by atoms with van der Waals surface area (Å²) in [5, 5.41) is 4.96. The molecule has 0 spiro atoms. The number of nitrogens with one attached hydrogen (secondary N) is 1. The number of aromatic nitrogens is 2. The maximum atomic E-state index is 12.1. The van der Waals surface area contributed by atoms with Crippen molar-refractivity contribution in [2.75, 3.05) is 5.75 Å². The fraction of sp³-hybridized carbons (Fsp3) is 0.111. The lowest BCUT2D eigenvalue weighted by Gasteiger charge is -2.08. The Labute approximate surface area is 160 Å². The zero-order chi connectivity index (χ0) is 17.6. The van der Waals surface area contributed by atoms with E-state index in [2.05, 4.69) is 10.3 Å². The monoisotopic (exact) mass is 391 g/mol. The molecule has 1 heterocycles. The van der Waals surface area contributed by atoms with E-state index in [1.165, 1.54) is 11.8 Å². The van der Waals surface area contributed by atoms with Gasteiger partial charge in [0.05, 0.1) is 5.75 Å². The summed E-state index contributed by atoms with van der Waals surface area (Å²) < 4.78 is 1.91. The number of nitrogens with zero attached hydrogens (tertiary/aromatic N) is 2. The molecule has 3 rings (SSSR count). The second-order valence-corrected chi connectivity index (χ2v) is 7.07. The molecule has 25 heavy (non-hydrogen) atoms. The summed E-state index contributed by atoms with van der Waals surface area (Å²) in [4.78, 5) is 16.4. The summed E-state index contributed by atoms with van der Waals surface area (Å²) in [6, 6.07) is 14.9. The molecule has 1 amide bonds. The van der Waals surface area contributed by atoms with Gasteiger partial charge in [0.1, 0.15) is 0 Å². The van der Waals surface area contributed by atoms with Crippen LogP contribution in [0.25, 0.3) is 5.69 Å². The third-order valence-electron chi connectivity index (χ3n) is 3.43. The minimum absolute atomic E-state index is 0.0550. The van der Waals surface area contributed by atoms with E-state index in [9.17, 15) is 4.79 Å². The molecule has 1 aromatic heterocycles. The first kappa shape index (κ1) is 17.9. The predicted molar refractivity (Wildman–Crippen MR) is 103 cm³/mol. The first-order chi connectivity index (χ1) is 12.1. The molecule has 0 unspecified atom stereocenters. The van der Waals surface area contributed by atoms with Crippen LogP contribution in [0, 0.1) is 0 Å². The molecule has 0 atom stereocenters. The summed E-state index contributed by atoms with van der Waals surface area (Å²) in [5.41, 5.74) is 1.91. The van der Waals surface area contributed by atoms with Gasteiger partial charge in [0.25, 0.3) is 0 Å². The maximum Gasteiger partial charge on any atom is 0.230 e. The van der Waals surface area contributed by atoms with Gasteiger partial charge in [-0.2, -0.15) is 0 Å². The van der Waals surface area contributed by atoms with Gasteiger partial charge in [-0.25, -0.2) is 4.98 Å². The molecule has 3 aromatic rings. The molecule has 7 heteroatoms. The van der Waals surface area contributed by atoms with Gasteiger partial charge < -0.3 is 5.32 Å². The topological polar surface area (TPSA) is 46.9 Å². The van der Waals surface area contributed by atoms with Crippen molar-refractivity contribution in [2.24, 2.45) is 0 Å². The molecular weight excluding hydrogens is 377 g/mol. The molecule has 128 valence electrons. The van der Waals surface area contributed by atoms with Crippen LogP contribution in [0.3, 0.4) is 0 Å². The number of hydrogen-bond donors (Lipinski definition) is 1. The number of imidazole rings is 1. The van der Waals surface area contributed by atoms with Crippen molar-refractivity contribution in [3.63, 3.8) is 0 Å². The Bertz CT molecular complexity index is 865. The van der Waals surface area contributed by atoms with Crippen LogP contribution < -0.4 is 5.32 Å². The minimum atomic E-state index is -0.0550. The van der Waals surface area contributed by atoms with Crippen molar-refractivity contribution >= 4 is 40.9 Å². The number of halogens is 2. The van der Waals surface area contributed by atoms with Crippen molar-refractivity contribution in [3.8, 4) is 5.69 Å². The Morgan fingerprint density at radius 3 is 2.68 bits per heavy atom. The molecule has 0 aliphatic carbocycles. The molecule has 0 bridgehead atoms. The Morgan fingerprint density at radius 2 is 1.92 bits per heavy atom. The first-order valence-electron chi connectivity index (χ1n) is 7.55. The number of carbonyl (C=O) groups is 1. The third kappa shape index (κ3) is 5.01. The van der Waals surface area contributed by atoms with E-state index < -0.39 is 0 Å². The van der Waals surface area contributed by atoms with Crippen LogP contribution >= 0.6 is 35.0 Å². The van der Waals surface area contributed by atoms with Gasteiger partial charge in [-0.1, -0.05) is 53.2 Å². The van der Waals surface area contributed by atoms with E-state index in [0.29, 0.717) is 16.6 Å². The van der Waals surface area contributed by atoms with E-state index in [1.54, 1.807) is 18.3 Å². The second-order valence-electron chi connectivity index (χ2n) is 5.25. The normalized spacial score (nSPS) is 10.6. The van der Waals surface area contributed by atoms with Gasteiger partial charge in [0.2, 0.25) is 5.91 Å². The third-order valence-corrected chi connectivity index (χ3v) is 4.88. The van der Waals surface area contributed by atoms with Crippen LogP contribution in [0.15, 0.2) is 66.1 Å². The zero-order valence-electron chi connectivity index (χ0n) is 13.2. The quantitative estimate of drug-likeness (QED) is 0.625. The van der Waals surface area contributed by atoms with Gasteiger partial charge in [-0.05, 0) is 35.9 Å². The zero-order valence-corrected chi connectivity index (χ0v) is 15.5. The van der Waals surface area contributed by atoms with Crippen LogP contribution in [0.1, 0.15) is 5.56 Å². The second kappa shape index (κ2) is 8.43. The Morgan fingerprint density at radius 1 is 1.12 bits per heavy atom. The van der Waals surface area contributed by atoms with Crippen LogP contribution in [0.5, 0.6) is 0 Å². The van der Waals surface area contributed by atoms with E-state index >= 15 is 0 Å². The minimum Gasteiger partial charge on any atom is -0.351 e. The molecular formula is C18H15Cl2N3OS. The standard InChI is InChI=1S/C18H15Cl2N3OS/c19-14-6-4-13(5-7-14)11-22-17(24)12-25-18-21-8-9-23(18)16-3-1-2-15(20)10-16/h1-10H,11-12H2,(H,22,24). The average Bonchev–Trinajstić information content (AvgIpc) is 3.08. The van der Waals surface area contributed by atoms with Crippen molar-refractivity contribution in [3.05, 3.63) is 76.5 Å². The van der Waals surface area contributed by atoms with Gasteiger partial charge in [-0.15, -0.1) is 0 Å². The van der Waals surface area contributed by atoms with Crippen molar-refractivity contribution in [2.45, 2.75) is 11.7 Å². The lowest BCUT2D eigenvalue weighted by atomic mass is 10.2. The maximum absolute atomic E-state index is 12.1. The highest BCUT2D eigenvalue weighted by Crippen LogP contribution is 2.22. The van der Waals surface area contributed by atoms with Gasteiger partial charge >= 0.3 is 0 Å². The summed E-state index contributed by atoms with van der Waals surface area (Å²) >= 11 is 13.3. The number of carbonyl (C=O) groups excluding carboxylic acids is 1. The molecule has 0 saturated heterocycles. The van der Waals surface area contributed by atoms with Crippen molar-refractivity contribution in [1.82, 2.24) is 14.9 Å². The Hall–Kier alpha value is -1.95. The smallest absolute Gasteiger partial charge is 0.230 e. The largest absolute Gasteiger partial charge is 0.351 e. The molecule has 0 fully saturated rings. The summed E-state index contributed by atoms with van der Waals surface area (Å²) in [7, 11) is 0. The number of benzene rings is 2. The molecule has 4 nitrogen and oxygen atoms in total. The highest BCUT2D eigenvalue weighted by molar-refractivity contribution is 7.99. The van der Waals surface area contributed by atoms with Crippen molar-refractivity contribution in [1.29, 1.82) is 0 Å². The molecule has 2 aromatic carbocycles. The number of thioether (sulfide) groups is 1. The molecule has 0 aliphatic rings. The van der Waals surface area contributed by atoms with E-state index in [1.807, 2.05) is 47.2 Å². The fourth-order valence-electron chi connectivity index (χ4n) is 2.20. The van der Waals surface area contributed by atoms with Crippen LogP contribution in [-0.4, -0.2) is 21.2 Å². The first-order valence-corrected chi connectivity index (χ1v) is 9.29. The summed E-state index contributed by atoms with van der Waals surface area (Å²) in [5.74, 6) is 0.228. The SMILES string of the molecule is O=C(CSc1nccn1-c1cccc(Cl)c1)NCc1ccc(Cl)cc1. The van der Waals surface area contributed by atoms with E-state index in [0.717, 1.165) is 16.4 Å². The highest BCUT2D eigenvalue weighted by Gasteiger charge is 2.09. The lowest BCUT2D eigenvalue weighted by Crippen LogP contribution is -2.24. The molecule has 0 saturated carbocycles. The van der Waals surface area contributed by atoms with Crippen LogP contribution in [-0.2, 0) is 11.3 Å². The van der Waals surface area contributed by atoms with E-state index in [4.69, 9.17) is 23.2 Å². The summed E-state index contributed by atoms with van der Waals surface area (Å²) in [6.07, 6.45) is 3.55. The van der Waals surface area contributed by atoms with Crippen LogP contribution in [0.4, 0.5) is 0 Å². The Balaban J connectivity index is 1.56. The van der Waals surface area contributed by atoms with Crippen molar-refractivity contribution < 1.29 is 4.79 Å². The Kier molecular flexibility index (Phi) is 6.02. The average molecular weight is 392 g/mol. The molecule has 0 radical (unpaired) electrons. The van der Waals surface area contributed by atoms with Gasteiger partial charge in [-0.3, -0.25) is 9.36 Å². The molecule has 0 aliphatic heterocycles. The molecule has 1 N–H and O–H groups in total. The highest BCUT2D eigenvalue weighted by atomic mass is 35.5. The van der Waals surface area contributed by atoms with Gasteiger partial charge in [0, 0.05) is 34.7 Å². The predicted octanol–water partition coefficient (Wildman–Crippen LogP) is 4.59. The lowest BCUT2D eigenvalue weighted by molar-refractivity contribution is -0.118. The number of hydrogen-bond acceptors (Lipinski definition) is 3. The van der Waals surface area contributed by atoms with Gasteiger partial charge in [0.15, 0.2) is 5.16 Å². The van der Waals surface area contributed by atoms with E-state index in [-0.39, 0.29) is 11.7 Å². The number of amides is 1.